The number of rotatable bonds is 4. The van der Waals surface area contributed by atoms with Crippen molar-refractivity contribution in [2.24, 2.45) is 11.1 Å². The van der Waals surface area contributed by atoms with Gasteiger partial charge in [-0.2, -0.15) is 0 Å². The zero-order valence-corrected chi connectivity index (χ0v) is 12.8. The molecule has 1 aliphatic rings. The lowest BCUT2D eigenvalue weighted by atomic mass is 9.85. The molecule has 5 nitrogen and oxygen atoms in total. The van der Waals surface area contributed by atoms with Gasteiger partial charge in [-0.05, 0) is 25.0 Å². The molecule has 1 fully saturated rings. The highest BCUT2D eigenvalue weighted by molar-refractivity contribution is 6.37. The summed E-state index contributed by atoms with van der Waals surface area (Å²) in [7, 11) is 0. The molecule has 0 bridgehead atoms. The van der Waals surface area contributed by atoms with Crippen molar-refractivity contribution in [1.82, 2.24) is 0 Å². The summed E-state index contributed by atoms with van der Waals surface area (Å²) >= 11 is 11.8. The van der Waals surface area contributed by atoms with Crippen molar-refractivity contribution in [2.75, 3.05) is 11.9 Å². The minimum atomic E-state index is -1.21. The first kappa shape index (κ1) is 16.1. The maximum atomic E-state index is 12.5. The summed E-state index contributed by atoms with van der Waals surface area (Å²) in [4.78, 5) is 23.8. The lowest BCUT2D eigenvalue weighted by molar-refractivity contribution is -0.124. The first-order chi connectivity index (χ1) is 9.89. The van der Waals surface area contributed by atoms with Gasteiger partial charge in [0.15, 0.2) is 0 Å². The zero-order chi connectivity index (χ0) is 15.6. The Morgan fingerprint density at radius 2 is 1.90 bits per heavy atom. The molecule has 0 aliphatic heterocycles. The molecule has 0 unspecified atom stereocenters. The Balaban J connectivity index is 2.35. The summed E-state index contributed by atoms with van der Waals surface area (Å²) in [5, 5.41) is 12.1. The van der Waals surface area contributed by atoms with E-state index in [1.54, 1.807) is 0 Å². The van der Waals surface area contributed by atoms with Crippen LogP contribution in [0.25, 0.3) is 0 Å². The largest absolute Gasteiger partial charge is 0.478 e. The van der Waals surface area contributed by atoms with E-state index in [0.717, 1.165) is 12.8 Å². The molecule has 2 rings (SSSR count). The molecule has 0 radical (unpaired) electrons. The van der Waals surface area contributed by atoms with Crippen LogP contribution in [0.5, 0.6) is 0 Å². The van der Waals surface area contributed by atoms with Crippen molar-refractivity contribution >= 4 is 40.8 Å². The molecule has 1 aromatic carbocycles. The molecule has 4 N–H and O–H groups in total. The second-order valence-corrected chi connectivity index (χ2v) is 6.10. The van der Waals surface area contributed by atoms with Gasteiger partial charge in [-0.3, -0.25) is 4.79 Å². The van der Waals surface area contributed by atoms with Crippen LogP contribution in [0.2, 0.25) is 10.0 Å². The van der Waals surface area contributed by atoms with Gasteiger partial charge in [-0.1, -0.05) is 36.0 Å². The number of nitrogens with two attached hydrogens (primary N) is 1. The molecule has 0 saturated heterocycles. The fraction of sp³-hybridized carbons (Fsp3) is 0.429. The lowest BCUT2D eigenvalue weighted by Gasteiger charge is -2.26. The van der Waals surface area contributed by atoms with E-state index >= 15 is 0 Å². The number of halogens is 2. The second kappa shape index (κ2) is 6.22. The fourth-order valence-corrected chi connectivity index (χ4v) is 3.23. The Kier molecular flexibility index (Phi) is 4.76. The van der Waals surface area contributed by atoms with Gasteiger partial charge in [0.1, 0.15) is 0 Å². The summed E-state index contributed by atoms with van der Waals surface area (Å²) in [6, 6.07) is 2.66. The van der Waals surface area contributed by atoms with Gasteiger partial charge in [-0.25, -0.2) is 4.79 Å². The summed E-state index contributed by atoms with van der Waals surface area (Å²) in [6.45, 7) is 0.229. The van der Waals surface area contributed by atoms with Gasteiger partial charge in [0.25, 0.3) is 0 Å². The van der Waals surface area contributed by atoms with Crippen LogP contribution >= 0.6 is 23.2 Å². The maximum Gasteiger partial charge on any atom is 0.337 e. The van der Waals surface area contributed by atoms with Gasteiger partial charge in [-0.15, -0.1) is 0 Å². The Hall–Kier alpha value is -1.30. The van der Waals surface area contributed by atoms with E-state index in [-0.39, 0.29) is 33.7 Å². The number of carbonyl (C=O) groups excluding carboxylic acids is 1. The standard InChI is InChI=1S/C14H16Cl2N2O3/c15-8-5-9(12(19)20)11(10(16)6-8)18-13(21)14(7-17)3-1-2-4-14/h5-6H,1-4,7,17H2,(H,18,21)(H,19,20). The monoisotopic (exact) mass is 330 g/mol. The third kappa shape index (κ3) is 3.15. The van der Waals surface area contributed by atoms with Crippen LogP contribution in [0.4, 0.5) is 5.69 Å². The predicted molar refractivity (Wildman–Crippen MR) is 82.0 cm³/mol. The maximum absolute atomic E-state index is 12.5. The van der Waals surface area contributed by atoms with Crippen molar-refractivity contribution in [3.8, 4) is 0 Å². The van der Waals surface area contributed by atoms with Gasteiger partial charge in [0.2, 0.25) is 5.91 Å². The average Bonchev–Trinajstić information content (AvgIpc) is 2.91. The SMILES string of the molecule is NCC1(C(=O)Nc2c(Cl)cc(Cl)cc2C(=O)O)CCCC1. The number of hydrogen-bond donors (Lipinski definition) is 3. The first-order valence-corrected chi connectivity index (χ1v) is 7.39. The third-order valence-electron chi connectivity index (χ3n) is 3.96. The smallest absolute Gasteiger partial charge is 0.337 e. The number of amides is 1. The Morgan fingerprint density at radius 1 is 1.29 bits per heavy atom. The quantitative estimate of drug-likeness (QED) is 0.790. The van der Waals surface area contributed by atoms with Crippen LogP contribution < -0.4 is 11.1 Å². The number of carbonyl (C=O) groups is 2. The second-order valence-electron chi connectivity index (χ2n) is 5.26. The third-order valence-corrected chi connectivity index (χ3v) is 4.47. The van der Waals surface area contributed by atoms with E-state index in [2.05, 4.69) is 5.32 Å². The van der Waals surface area contributed by atoms with Crippen molar-refractivity contribution < 1.29 is 14.7 Å². The number of anilines is 1. The summed E-state index contributed by atoms with van der Waals surface area (Å²) < 4.78 is 0. The van der Waals surface area contributed by atoms with Gasteiger partial charge in [0.05, 0.1) is 21.7 Å². The molecule has 114 valence electrons. The lowest BCUT2D eigenvalue weighted by Crippen LogP contribution is -2.40. The van der Waals surface area contributed by atoms with Gasteiger partial charge < -0.3 is 16.2 Å². The van der Waals surface area contributed by atoms with Crippen LogP contribution in [0, 0.1) is 5.41 Å². The summed E-state index contributed by atoms with van der Waals surface area (Å²) in [5.74, 6) is -1.49. The highest BCUT2D eigenvalue weighted by Gasteiger charge is 2.40. The highest BCUT2D eigenvalue weighted by Crippen LogP contribution is 2.39. The predicted octanol–water partition coefficient (Wildman–Crippen LogP) is 3.15. The molecule has 1 aliphatic carbocycles. The molecule has 1 saturated carbocycles. The Bertz CT molecular complexity index is 584. The Morgan fingerprint density at radius 3 is 2.43 bits per heavy atom. The molecule has 0 atom stereocenters. The average molecular weight is 331 g/mol. The zero-order valence-electron chi connectivity index (χ0n) is 11.3. The molecule has 7 heteroatoms. The van der Waals surface area contributed by atoms with E-state index in [1.807, 2.05) is 0 Å². The van der Waals surface area contributed by atoms with Crippen molar-refractivity contribution in [3.05, 3.63) is 27.7 Å². The van der Waals surface area contributed by atoms with Gasteiger partial charge >= 0.3 is 5.97 Å². The molecule has 0 aromatic heterocycles. The van der Waals surface area contributed by atoms with Crippen molar-refractivity contribution in [1.29, 1.82) is 0 Å². The van der Waals surface area contributed by atoms with Crippen LogP contribution in [-0.2, 0) is 4.79 Å². The molecule has 0 spiro atoms. The van der Waals surface area contributed by atoms with E-state index in [4.69, 9.17) is 28.9 Å². The molecule has 1 aromatic rings. The highest BCUT2D eigenvalue weighted by atomic mass is 35.5. The summed E-state index contributed by atoms with van der Waals surface area (Å²) in [6.07, 6.45) is 3.27. The number of nitrogens with one attached hydrogen (secondary N) is 1. The Labute approximate surface area is 132 Å². The van der Waals surface area contributed by atoms with E-state index < -0.39 is 11.4 Å². The molecular formula is C14H16Cl2N2O3. The van der Waals surface area contributed by atoms with E-state index in [0.29, 0.717) is 12.8 Å². The minimum Gasteiger partial charge on any atom is -0.478 e. The van der Waals surface area contributed by atoms with Crippen LogP contribution in [-0.4, -0.2) is 23.5 Å². The van der Waals surface area contributed by atoms with Crippen molar-refractivity contribution in [2.45, 2.75) is 25.7 Å². The number of hydrogen-bond acceptors (Lipinski definition) is 3. The molecule has 21 heavy (non-hydrogen) atoms. The van der Waals surface area contributed by atoms with Crippen LogP contribution in [0.3, 0.4) is 0 Å². The van der Waals surface area contributed by atoms with E-state index in [9.17, 15) is 14.7 Å². The van der Waals surface area contributed by atoms with Gasteiger partial charge in [0, 0.05) is 11.6 Å². The van der Waals surface area contributed by atoms with E-state index in [1.165, 1.54) is 12.1 Å². The normalized spacial score (nSPS) is 16.7. The number of aromatic carboxylic acids is 1. The number of benzene rings is 1. The van der Waals surface area contributed by atoms with Crippen LogP contribution in [0.15, 0.2) is 12.1 Å². The molecule has 0 heterocycles. The summed E-state index contributed by atoms with van der Waals surface area (Å²) in [5.41, 5.74) is 5.05. The number of carboxylic acid groups (broad SMARTS) is 1. The molecular weight excluding hydrogens is 315 g/mol. The minimum absolute atomic E-state index is 0.0679. The topological polar surface area (TPSA) is 92.4 Å². The number of carboxylic acids is 1. The van der Waals surface area contributed by atoms with Crippen LogP contribution in [0.1, 0.15) is 36.0 Å². The first-order valence-electron chi connectivity index (χ1n) is 6.63. The van der Waals surface area contributed by atoms with Crippen molar-refractivity contribution in [3.63, 3.8) is 0 Å². The fourth-order valence-electron chi connectivity index (χ4n) is 2.69. The molecule has 1 amide bonds.